The van der Waals surface area contributed by atoms with Gasteiger partial charge in [0.1, 0.15) is 10.7 Å². The van der Waals surface area contributed by atoms with Crippen LogP contribution in [0.3, 0.4) is 0 Å². The highest BCUT2D eigenvalue weighted by Crippen LogP contribution is 2.31. The molecule has 0 aliphatic carbocycles. The fourth-order valence-corrected chi connectivity index (χ4v) is 3.13. The Labute approximate surface area is 174 Å². The molecule has 2 amide bonds. The van der Waals surface area contributed by atoms with E-state index in [1.54, 1.807) is 18.2 Å². The van der Waals surface area contributed by atoms with Gasteiger partial charge in [-0.3, -0.25) is 9.59 Å². The van der Waals surface area contributed by atoms with Crippen molar-refractivity contribution < 1.29 is 19.1 Å². The zero-order valence-corrected chi connectivity index (χ0v) is 17.2. The molecule has 1 heterocycles. The molecule has 0 atom stereocenters. The van der Waals surface area contributed by atoms with E-state index < -0.39 is 17.8 Å². The largest absolute Gasteiger partial charge is 0.462 e. The number of halogens is 1. The Hall–Kier alpha value is -3.12. The minimum Gasteiger partial charge on any atom is -0.462 e. The minimum atomic E-state index is -0.649. The van der Waals surface area contributed by atoms with Crippen LogP contribution in [0.1, 0.15) is 34.8 Å². The molecule has 1 N–H and O–H groups in total. The second-order valence-electron chi connectivity index (χ2n) is 6.69. The molecule has 7 heteroatoms. The molecule has 1 aliphatic heterocycles. The maximum Gasteiger partial charge on any atom is 0.338 e. The number of esters is 1. The maximum absolute atomic E-state index is 13.0. The van der Waals surface area contributed by atoms with Crippen molar-refractivity contribution in [1.29, 1.82) is 0 Å². The van der Waals surface area contributed by atoms with Gasteiger partial charge in [0.2, 0.25) is 0 Å². The van der Waals surface area contributed by atoms with Gasteiger partial charge in [0.25, 0.3) is 11.8 Å². The summed E-state index contributed by atoms with van der Waals surface area (Å²) in [4.78, 5) is 38.7. The number of ether oxygens (including phenoxy) is 1. The summed E-state index contributed by atoms with van der Waals surface area (Å²) in [7, 11) is 0. The van der Waals surface area contributed by atoms with Crippen LogP contribution in [-0.2, 0) is 14.3 Å². The Balaban J connectivity index is 1.89. The van der Waals surface area contributed by atoms with Crippen LogP contribution in [0.5, 0.6) is 0 Å². The third-order valence-corrected chi connectivity index (χ3v) is 5.02. The molecule has 0 bridgehead atoms. The van der Waals surface area contributed by atoms with Crippen molar-refractivity contribution in [3.05, 3.63) is 69.9 Å². The van der Waals surface area contributed by atoms with Crippen LogP contribution >= 0.6 is 11.6 Å². The van der Waals surface area contributed by atoms with Gasteiger partial charge < -0.3 is 10.1 Å². The molecule has 0 aromatic heterocycles. The van der Waals surface area contributed by atoms with Crippen molar-refractivity contribution in [1.82, 2.24) is 0 Å². The summed E-state index contributed by atoms with van der Waals surface area (Å²) in [6, 6.07) is 11.8. The van der Waals surface area contributed by atoms with E-state index >= 15 is 0 Å². The van der Waals surface area contributed by atoms with Crippen molar-refractivity contribution in [2.45, 2.75) is 27.2 Å². The number of carbonyl (C=O) groups is 3. The van der Waals surface area contributed by atoms with Crippen molar-refractivity contribution in [3.8, 4) is 0 Å². The molecule has 2 aromatic rings. The van der Waals surface area contributed by atoms with Crippen molar-refractivity contribution in [2.24, 2.45) is 0 Å². The van der Waals surface area contributed by atoms with Gasteiger partial charge in [-0.1, -0.05) is 36.7 Å². The number of carbonyl (C=O) groups excluding carboxylic acids is 3. The van der Waals surface area contributed by atoms with E-state index in [1.165, 1.54) is 6.07 Å². The second-order valence-corrected chi connectivity index (χ2v) is 7.07. The number of nitrogens with one attached hydrogen (secondary N) is 1. The molecule has 0 fully saturated rings. The summed E-state index contributed by atoms with van der Waals surface area (Å²) in [5.41, 5.74) is 3.19. The predicted molar refractivity (Wildman–Crippen MR) is 112 cm³/mol. The van der Waals surface area contributed by atoms with Crippen molar-refractivity contribution >= 4 is 40.8 Å². The third-order valence-electron chi connectivity index (χ3n) is 4.67. The lowest BCUT2D eigenvalue weighted by Crippen LogP contribution is -2.32. The number of hydrogen-bond acceptors (Lipinski definition) is 5. The van der Waals surface area contributed by atoms with Gasteiger partial charge in [-0.25, -0.2) is 9.69 Å². The number of benzene rings is 2. The average molecular weight is 413 g/mol. The fraction of sp³-hybridized carbons (Fsp3) is 0.227. The number of rotatable bonds is 6. The number of aryl methyl sites for hydroxylation is 1. The number of nitrogens with zero attached hydrogens (tertiary/aromatic N) is 1. The van der Waals surface area contributed by atoms with E-state index in [0.29, 0.717) is 18.7 Å². The van der Waals surface area contributed by atoms with Crippen molar-refractivity contribution in [3.63, 3.8) is 0 Å². The minimum absolute atomic E-state index is 0.00401. The van der Waals surface area contributed by atoms with Gasteiger partial charge in [-0.05, 0) is 55.7 Å². The van der Waals surface area contributed by atoms with Crippen LogP contribution in [0.15, 0.2) is 53.2 Å². The second kappa shape index (κ2) is 8.49. The summed E-state index contributed by atoms with van der Waals surface area (Å²) in [5.74, 6) is -1.75. The highest BCUT2D eigenvalue weighted by molar-refractivity contribution is 6.53. The van der Waals surface area contributed by atoms with E-state index in [2.05, 4.69) is 5.32 Å². The molecule has 0 saturated heterocycles. The van der Waals surface area contributed by atoms with Gasteiger partial charge in [-0.2, -0.15) is 0 Å². The average Bonchev–Trinajstić information content (AvgIpc) is 2.92. The van der Waals surface area contributed by atoms with Crippen molar-refractivity contribution in [2.75, 3.05) is 16.8 Å². The smallest absolute Gasteiger partial charge is 0.338 e. The lowest BCUT2D eigenvalue weighted by atomic mass is 10.1. The number of imide groups is 1. The number of amides is 2. The Morgan fingerprint density at radius 1 is 1.10 bits per heavy atom. The van der Waals surface area contributed by atoms with Gasteiger partial charge in [0.05, 0.1) is 17.9 Å². The molecular weight excluding hydrogens is 392 g/mol. The highest BCUT2D eigenvalue weighted by Gasteiger charge is 2.39. The Morgan fingerprint density at radius 3 is 2.55 bits per heavy atom. The number of hydrogen-bond donors (Lipinski definition) is 1. The first-order valence-corrected chi connectivity index (χ1v) is 9.62. The molecular formula is C22H21ClN2O4. The zero-order chi connectivity index (χ0) is 21.1. The molecule has 29 heavy (non-hydrogen) atoms. The molecule has 1 aliphatic rings. The van der Waals surface area contributed by atoms with Gasteiger partial charge in [-0.15, -0.1) is 0 Å². The van der Waals surface area contributed by atoms with E-state index in [4.69, 9.17) is 16.3 Å². The molecule has 0 radical (unpaired) electrons. The molecule has 6 nitrogen and oxygen atoms in total. The van der Waals surface area contributed by atoms with E-state index in [0.717, 1.165) is 16.0 Å². The standard InChI is InChI=1S/C22H21ClN2O4/c1-4-11-29-22(28)15-8-6-9-16(12-15)25-20(26)18(23)19(21(25)27)24-17-10-5-7-13(2)14(17)3/h5-10,12,24H,4,11H2,1-3H3. The van der Waals surface area contributed by atoms with Crippen LogP contribution in [0.2, 0.25) is 0 Å². The topological polar surface area (TPSA) is 75.7 Å². The Morgan fingerprint density at radius 2 is 1.83 bits per heavy atom. The molecule has 2 aromatic carbocycles. The van der Waals surface area contributed by atoms with Gasteiger partial charge >= 0.3 is 5.97 Å². The predicted octanol–water partition coefficient (Wildman–Crippen LogP) is 4.31. The maximum atomic E-state index is 13.0. The Bertz CT molecular complexity index is 1030. The summed E-state index contributed by atoms with van der Waals surface area (Å²) < 4.78 is 5.12. The highest BCUT2D eigenvalue weighted by atomic mass is 35.5. The molecule has 0 spiro atoms. The fourth-order valence-electron chi connectivity index (χ4n) is 2.92. The van der Waals surface area contributed by atoms with E-state index in [1.807, 2.05) is 39.0 Å². The molecule has 0 saturated carbocycles. The van der Waals surface area contributed by atoms with Crippen LogP contribution < -0.4 is 10.2 Å². The first-order chi connectivity index (χ1) is 13.8. The summed E-state index contributed by atoms with van der Waals surface area (Å²) in [6.45, 7) is 6.05. The lowest BCUT2D eigenvalue weighted by molar-refractivity contribution is -0.120. The first kappa shape index (κ1) is 20.6. The summed E-state index contributed by atoms with van der Waals surface area (Å²) >= 11 is 6.19. The van der Waals surface area contributed by atoms with Crippen LogP contribution in [-0.4, -0.2) is 24.4 Å². The van der Waals surface area contributed by atoms with Crippen LogP contribution in [0.25, 0.3) is 0 Å². The van der Waals surface area contributed by atoms with E-state index in [9.17, 15) is 14.4 Å². The summed E-state index contributed by atoms with van der Waals surface area (Å²) in [5, 5.41) is 2.79. The molecule has 0 unspecified atom stereocenters. The SMILES string of the molecule is CCCOC(=O)c1cccc(N2C(=O)C(Cl)=C(Nc3cccc(C)c3C)C2=O)c1. The van der Waals surface area contributed by atoms with Gasteiger partial charge in [0.15, 0.2) is 0 Å². The normalized spacial score (nSPS) is 13.9. The molecule has 3 rings (SSSR count). The third kappa shape index (κ3) is 4.03. The van der Waals surface area contributed by atoms with E-state index in [-0.39, 0.29) is 22.0 Å². The quantitative estimate of drug-likeness (QED) is 0.565. The summed E-state index contributed by atoms with van der Waals surface area (Å²) in [6.07, 6.45) is 0.696. The first-order valence-electron chi connectivity index (χ1n) is 9.24. The number of anilines is 2. The Kier molecular flexibility index (Phi) is 6.03. The molecule has 150 valence electrons. The lowest BCUT2D eigenvalue weighted by Gasteiger charge is -2.16. The monoisotopic (exact) mass is 412 g/mol. The van der Waals surface area contributed by atoms with Crippen LogP contribution in [0.4, 0.5) is 11.4 Å². The zero-order valence-electron chi connectivity index (χ0n) is 16.4. The van der Waals surface area contributed by atoms with Crippen LogP contribution in [0, 0.1) is 13.8 Å². The van der Waals surface area contributed by atoms with Gasteiger partial charge in [0, 0.05) is 5.69 Å².